The molecule has 15 heavy (non-hydrogen) atoms. The first-order chi connectivity index (χ1) is 7.08. The molecule has 90 valence electrons. The standard InChI is InChI=1S/C11H25N3O/c1-11(15)10-14-8-6-13(7-9-14)5-4-12(2)3/h11,15H,4-10H2,1-3H3. The third kappa shape index (κ3) is 5.47. The molecule has 1 aliphatic rings. The molecule has 0 aromatic heterocycles. The number of hydrogen-bond acceptors (Lipinski definition) is 4. The summed E-state index contributed by atoms with van der Waals surface area (Å²) in [6.07, 6.45) is -0.196. The van der Waals surface area contributed by atoms with Gasteiger partial charge in [-0.3, -0.25) is 9.80 Å². The highest BCUT2D eigenvalue weighted by Gasteiger charge is 2.17. The molecule has 1 saturated heterocycles. The van der Waals surface area contributed by atoms with Crippen LogP contribution in [0.3, 0.4) is 0 Å². The molecule has 1 N–H and O–H groups in total. The van der Waals surface area contributed by atoms with Gasteiger partial charge in [-0.15, -0.1) is 0 Å². The van der Waals surface area contributed by atoms with Crippen LogP contribution in [-0.4, -0.2) is 85.8 Å². The van der Waals surface area contributed by atoms with Crippen molar-refractivity contribution in [3.8, 4) is 0 Å². The number of nitrogens with zero attached hydrogens (tertiary/aromatic N) is 3. The summed E-state index contributed by atoms with van der Waals surface area (Å²) in [5, 5.41) is 9.28. The molecule has 1 fully saturated rings. The number of likely N-dealkylation sites (N-methyl/N-ethyl adjacent to an activating group) is 1. The maximum absolute atomic E-state index is 9.28. The number of aliphatic hydroxyl groups is 1. The zero-order valence-corrected chi connectivity index (χ0v) is 10.3. The van der Waals surface area contributed by atoms with E-state index in [0.29, 0.717) is 0 Å². The van der Waals surface area contributed by atoms with E-state index in [1.54, 1.807) is 0 Å². The largest absolute Gasteiger partial charge is 0.392 e. The molecule has 1 aliphatic heterocycles. The van der Waals surface area contributed by atoms with Crippen molar-refractivity contribution in [2.45, 2.75) is 13.0 Å². The lowest BCUT2D eigenvalue weighted by atomic mass is 10.3. The molecule has 1 atom stereocenters. The van der Waals surface area contributed by atoms with Crippen molar-refractivity contribution in [1.82, 2.24) is 14.7 Å². The molecule has 0 amide bonds. The van der Waals surface area contributed by atoms with Crippen molar-refractivity contribution in [1.29, 1.82) is 0 Å². The molecule has 4 heteroatoms. The third-order valence-electron chi connectivity index (χ3n) is 2.85. The van der Waals surface area contributed by atoms with E-state index in [2.05, 4.69) is 28.8 Å². The molecule has 0 saturated carbocycles. The average molecular weight is 215 g/mol. The highest BCUT2D eigenvalue weighted by Crippen LogP contribution is 2.02. The van der Waals surface area contributed by atoms with Gasteiger partial charge in [-0.1, -0.05) is 0 Å². The Morgan fingerprint density at radius 3 is 2.13 bits per heavy atom. The number of aliphatic hydroxyl groups excluding tert-OH is 1. The lowest BCUT2D eigenvalue weighted by Crippen LogP contribution is -2.49. The van der Waals surface area contributed by atoms with E-state index in [-0.39, 0.29) is 6.10 Å². The van der Waals surface area contributed by atoms with E-state index in [1.165, 1.54) is 0 Å². The molecule has 4 nitrogen and oxygen atoms in total. The lowest BCUT2D eigenvalue weighted by molar-refractivity contribution is 0.0783. The molecular formula is C11H25N3O. The molecule has 1 heterocycles. The van der Waals surface area contributed by atoms with Crippen LogP contribution in [0.15, 0.2) is 0 Å². The predicted molar refractivity (Wildman–Crippen MR) is 63.1 cm³/mol. The van der Waals surface area contributed by atoms with Gasteiger partial charge in [0.25, 0.3) is 0 Å². The fourth-order valence-corrected chi connectivity index (χ4v) is 1.91. The first-order valence-corrected chi connectivity index (χ1v) is 5.85. The van der Waals surface area contributed by atoms with Gasteiger partial charge in [0.15, 0.2) is 0 Å². The number of hydrogen-bond donors (Lipinski definition) is 1. The van der Waals surface area contributed by atoms with Crippen LogP contribution < -0.4 is 0 Å². The van der Waals surface area contributed by atoms with Gasteiger partial charge in [0.1, 0.15) is 0 Å². The van der Waals surface area contributed by atoms with Crippen molar-refractivity contribution < 1.29 is 5.11 Å². The van der Waals surface area contributed by atoms with Gasteiger partial charge in [-0.2, -0.15) is 0 Å². The third-order valence-corrected chi connectivity index (χ3v) is 2.85. The van der Waals surface area contributed by atoms with Crippen LogP contribution >= 0.6 is 0 Å². The summed E-state index contributed by atoms with van der Waals surface area (Å²) in [5.41, 5.74) is 0. The minimum absolute atomic E-state index is 0.196. The summed E-state index contributed by atoms with van der Waals surface area (Å²) in [6, 6.07) is 0. The van der Waals surface area contributed by atoms with E-state index in [1.807, 2.05) is 6.92 Å². The predicted octanol–water partition coefficient (Wildman–Crippen LogP) is -0.454. The number of β-amino-alcohol motifs (C(OH)–C–C–N with tert-alkyl or cyclic N) is 1. The van der Waals surface area contributed by atoms with Gasteiger partial charge in [0.05, 0.1) is 6.10 Å². The van der Waals surface area contributed by atoms with Crippen LogP contribution in [0, 0.1) is 0 Å². The van der Waals surface area contributed by atoms with E-state index >= 15 is 0 Å². The maximum Gasteiger partial charge on any atom is 0.0639 e. The topological polar surface area (TPSA) is 30.0 Å². The fraction of sp³-hybridized carbons (Fsp3) is 1.00. The lowest BCUT2D eigenvalue weighted by Gasteiger charge is -2.35. The molecule has 0 spiro atoms. The number of piperazine rings is 1. The summed E-state index contributed by atoms with van der Waals surface area (Å²) >= 11 is 0. The summed E-state index contributed by atoms with van der Waals surface area (Å²) in [6.45, 7) is 9.45. The Bertz CT molecular complexity index is 165. The zero-order valence-electron chi connectivity index (χ0n) is 10.3. The molecule has 0 bridgehead atoms. The van der Waals surface area contributed by atoms with Crippen LogP contribution in [0.25, 0.3) is 0 Å². The Hall–Kier alpha value is -0.160. The van der Waals surface area contributed by atoms with E-state index in [4.69, 9.17) is 0 Å². The molecule has 0 aliphatic carbocycles. The zero-order chi connectivity index (χ0) is 11.3. The van der Waals surface area contributed by atoms with Gasteiger partial charge in [0, 0.05) is 45.8 Å². The quantitative estimate of drug-likeness (QED) is 0.672. The molecule has 1 rings (SSSR count). The van der Waals surface area contributed by atoms with E-state index in [9.17, 15) is 5.11 Å². The monoisotopic (exact) mass is 215 g/mol. The van der Waals surface area contributed by atoms with Crippen LogP contribution in [-0.2, 0) is 0 Å². The Kier molecular flexibility index (Phi) is 5.53. The second-order valence-electron chi connectivity index (χ2n) is 4.79. The Morgan fingerprint density at radius 2 is 1.67 bits per heavy atom. The fourth-order valence-electron chi connectivity index (χ4n) is 1.91. The summed E-state index contributed by atoms with van der Waals surface area (Å²) < 4.78 is 0. The second kappa shape index (κ2) is 6.43. The Morgan fingerprint density at radius 1 is 1.13 bits per heavy atom. The van der Waals surface area contributed by atoms with Crippen LogP contribution in [0.2, 0.25) is 0 Å². The Labute approximate surface area is 93.5 Å². The van der Waals surface area contributed by atoms with Crippen LogP contribution in [0.5, 0.6) is 0 Å². The van der Waals surface area contributed by atoms with Gasteiger partial charge in [-0.05, 0) is 21.0 Å². The normalized spacial score (nSPS) is 22.2. The molecule has 0 aromatic rings. The highest BCUT2D eigenvalue weighted by atomic mass is 16.3. The second-order valence-corrected chi connectivity index (χ2v) is 4.79. The first kappa shape index (κ1) is 12.9. The maximum atomic E-state index is 9.28. The Balaban J connectivity index is 2.12. The van der Waals surface area contributed by atoms with E-state index in [0.717, 1.165) is 45.8 Å². The molecule has 0 radical (unpaired) electrons. The van der Waals surface area contributed by atoms with Crippen molar-refractivity contribution in [3.63, 3.8) is 0 Å². The SMILES string of the molecule is CC(O)CN1CCN(CCN(C)C)CC1. The molecule has 0 aromatic carbocycles. The molecular weight excluding hydrogens is 190 g/mol. The highest BCUT2D eigenvalue weighted by molar-refractivity contribution is 4.73. The molecule has 1 unspecified atom stereocenters. The average Bonchev–Trinajstić information content (AvgIpc) is 2.16. The van der Waals surface area contributed by atoms with Gasteiger partial charge in [0.2, 0.25) is 0 Å². The van der Waals surface area contributed by atoms with Crippen LogP contribution in [0.4, 0.5) is 0 Å². The summed E-state index contributed by atoms with van der Waals surface area (Å²) in [7, 11) is 4.23. The number of rotatable bonds is 5. The summed E-state index contributed by atoms with van der Waals surface area (Å²) in [4.78, 5) is 7.07. The van der Waals surface area contributed by atoms with Crippen LogP contribution in [0.1, 0.15) is 6.92 Å². The van der Waals surface area contributed by atoms with Gasteiger partial charge >= 0.3 is 0 Å². The van der Waals surface area contributed by atoms with Gasteiger partial charge < -0.3 is 10.0 Å². The van der Waals surface area contributed by atoms with Crippen molar-refractivity contribution in [3.05, 3.63) is 0 Å². The van der Waals surface area contributed by atoms with E-state index < -0.39 is 0 Å². The minimum Gasteiger partial charge on any atom is -0.392 e. The summed E-state index contributed by atoms with van der Waals surface area (Å²) in [5.74, 6) is 0. The van der Waals surface area contributed by atoms with Crippen molar-refractivity contribution >= 4 is 0 Å². The smallest absolute Gasteiger partial charge is 0.0639 e. The first-order valence-electron chi connectivity index (χ1n) is 5.85. The van der Waals surface area contributed by atoms with Gasteiger partial charge in [-0.25, -0.2) is 0 Å². The van der Waals surface area contributed by atoms with Crippen molar-refractivity contribution in [2.24, 2.45) is 0 Å². The van der Waals surface area contributed by atoms with Crippen molar-refractivity contribution in [2.75, 3.05) is 59.9 Å². The minimum atomic E-state index is -0.196.